The molecule has 0 radical (unpaired) electrons. The quantitative estimate of drug-likeness (QED) is 0.815. The van der Waals surface area contributed by atoms with Crippen molar-refractivity contribution in [3.63, 3.8) is 0 Å². The highest BCUT2D eigenvalue weighted by atomic mass is 19.1. The van der Waals surface area contributed by atoms with E-state index < -0.39 is 0 Å². The van der Waals surface area contributed by atoms with Crippen LogP contribution in [0, 0.1) is 5.82 Å². The van der Waals surface area contributed by atoms with Gasteiger partial charge in [-0.1, -0.05) is 0 Å². The van der Waals surface area contributed by atoms with Gasteiger partial charge >= 0.3 is 0 Å². The Balaban J connectivity index is 1.24. The van der Waals surface area contributed by atoms with Gasteiger partial charge in [-0.3, -0.25) is 14.6 Å². The van der Waals surface area contributed by atoms with Gasteiger partial charge in [-0.05, 0) is 24.3 Å². The minimum atomic E-state index is -0.187. The molecule has 3 heterocycles. The van der Waals surface area contributed by atoms with Gasteiger partial charge in [-0.2, -0.15) is 0 Å². The van der Waals surface area contributed by atoms with Crippen LogP contribution in [0.1, 0.15) is 5.69 Å². The fourth-order valence-corrected chi connectivity index (χ4v) is 3.71. The van der Waals surface area contributed by atoms with Crippen molar-refractivity contribution in [2.75, 3.05) is 44.2 Å². The molecule has 0 N–H and O–H groups in total. The Morgan fingerprint density at radius 3 is 2.46 bits per heavy atom. The molecule has 0 saturated carbocycles. The van der Waals surface area contributed by atoms with Crippen LogP contribution in [0.5, 0.6) is 0 Å². The Kier molecular flexibility index (Phi) is 4.74. The normalized spacial score (nSPS) is 19.5. The first-order valence-electron chi connectivity index (χ1n) is 9.07. The van der Waals surface area contributed by atoms with Crippen LogP contribution in [-0.2, 0) is 13.6 Å². The number of halogens is 1. The van der Waals surface area contributed by atoms with Gasteiger partial charge in [0.1, 0.15) is 5.82 Å². The summed E-state index contributed by atoms with van der Waals surface area (Å²) in [5, 5.41) is 0. The molecule has 4 rings (SSSR count). The lowest BCUT2D eigenvalue weighted by Gasteiger charge is -2.48. The van der Waals surface area contributed by atoms with Crippen LogP contribution in [-0.4, -0.2) is 64.7 Å². The molecule has 2 aliphatic rings. The third-order valence-corrected chi connectivity index (χ3v) is 5.38. The van der Waals surface area contributed by atoms with Crippen LogP contribution >= 0.6 is 0 Å². The number of anilines is 1. The van der Waals surface area contributed by atoms with Gasteiger partial charge in [0.15, 0.2) is 0 Å². The van der Waals surface area contributed by atoms with Crippen molar-refractivity contribution in [2.45, 2.75) is 12.6 Å². The van der Waals surface area contributed by atoms with Crippen LogP contribution < -0.4 is 10.5 Å². The van der Waals surface area contributed by atoms with Gasteiger partial charge < -0.3 is 9.47 Å². The predicted octanol–water partition coefficient (Wildman–Crippen LogP) is 0.926. The monoisotopic (exact) mass is 357 g/mol. The van der Waals surface area contributed by atoms with Crippen LogP contribution in [0.15, 0.2) is 41.5 Å². The maximum Gasteiger partial charge on any atom is 0.253 e. The predicted molar refractivity (Wildman–Crippen MR) is 98.7 cm³/mol. The fraction of sp³-hybridized carbons (Fsp3) is 0.474. The lowest BCUT2D eigenvalue weighted by atomic mass is 10.1. The molecular weight excluding hydrogens is 333 g/mol. The summed E-state index contributed by atoms with van der Waals surface area (Å²) in [6.07, 6.45) is 1.59. The van der Waals surface area contributed by atoms with Gasteiger partial charge in [-0.15, -0.1) is 0 Å². The van der Waals surface area contributed by atoms with E-state index in [1.165, 1.54) is 16.7 Å². The standard InChI is InChI=1S/C19H24FN5O/c1-22-14-21-16(10-19(22)26)11-23-12-18(13-23)25-8-6-24(7-9-25)17-4-2-15(20)3-5-17/h2-5,10,14,18H,6-9,11-13H2,1H3. The highest BCUT2D eigenvalue weighted by Gasteiger charge is 2.33. The Bertz CT molecular complexity index is 807. The zero-order chi connectivity index (χ0) is 18.1. The molecule has 0 bridgehead atoms. The second-order valence-electron chi connectivity index (χ2n) is 7.18. The van der Waals surface area contributed by atoms with Crippen molar-refractivity contribution >= 4 is 5.69 Å². The third kappa shape index (κ3) is 3.64. The summed E-state index contributed by atoms with van der Waals surface area (Å²) >= 11 is 0. The molecule has 0 amide bonds. The van der Waals surface area contributed by atoms with E-state index in [1.54, 1.807) is 19.4 Å². The first-order valence-corrected chi connectivity index (χ1v) is 9.07. The van der Waals surface area contributed by atoms with Gasteiger partial charge in [0.2, 0.25) is 0 Å². The van der Waals surface area contributed by atoms with E-state index in [4.69, 9.17) is 0 Å². The summed E-state index contributed by atoms with van der Waals surface area (Å²) in [6.45, 7) is 6.78. The minimum Gasteiger partial charge on any atom is -0.369 e. The Labute approximate surface area is 152 Å². The van der Waals surface area contributed by atoms with Crippen LogP contribution in [0.4, 0.5) is 10.1 Å². The van der Waals surface area contributed by atoms with E-state index in [2.05, 4.69) is 19.7 Å². The Morgan fingerprint density at radius 1 is 1.12 bits per heavy atom. The van der Waals surface area contributed by atoms with Crippen LogP contribution in [0.3, 0.4) is 0 Å². The molecule has 0 aliphatic carbocycles. The number of rotatable bonds is 4. The van der Waals surface area contributed by atoms with E-state index >= 15 is 0 Å². The largest absolute Gasteiger partial charge is 0.369 e. The smallest absolute Gasteiger partial charge is 0.253 e. The number of piperazine rings is 1. The van der Waals surface area contributed by atoms with Crippen molar-refractivity contribution in [3.8, 4) is 0 Å². The molecule has 2 aromatic rings. The molecule has 0 atom stereocenters. The Hall–Kier alpha value is -2.25. The number of hydrogen-bond donors (Lipinski definition) is 0. The molecule has 138 valence electrons. The minimum absolute atomic E-state index is 0.0102. The molecule has 1 aromatic heterocycles. The highest BCUT2D eigenvalue weighted by molar-refractivity contribution is 5.46. The van der Waals surface area contributed by atoms with Crippen molar-refractivity contribution < 1.29 is 4.39 Å². The second kappa shape index (κ2) is 7.17. The lowest BCUT2D eigenvalue weighted by Crippen LogP contribution is -2.62. The first kappa shape index (κ1) is 17.2. The second-order valence-corrected chi connectivity index (χ2v) is 7.18. The number of hydrogen-bond acceptors (Lipinski definition) is 5. The average Bonchev–Trinajstić information content (AvgIpc) is 2.62. The summed E-state index contributed by atoms with van der Waals surface area (Å²) in [4.78, 5) is 23.2. The van der Waals surface area contributed by atoms with E-state index in [9.17, 15) is 9.18 Å². The summed E-state index contributed by atoms with van der Waals surface area (Å²) in [5.74, 6) is -0.187. The lowest BCUT2D eigenvalue weighted by molar-refractivity contribution is 0.0248. The first-order chi connectivity index (χ1) is 12.6. The third-order valence-electron chi connectivity index (χ3n) is 5.38. The number of aromatic nitrogens is 2. The summed E-state index contributed by atoms with van der Waals surface area (Å²) < 4.78 is 14.5. The molecule has 1 aromatic carbocycles. The number of aryl methyl sites for hydroxylation is 1. The van der Waals surface area contributed by atoms with Crippen molar-refractivity contribution in [2.24, 2.45) is 7.05 Å². The van der Waals surface area contributed by atoms with Gasteiger partial charge in [0.25, 0.3) is 5.56 Å². The van der Waals surface area contributed by atoms with Crippen LogP contribution in [0.25, 0.3) is 0 Å². The van der Waals surface area contributed by atoms with E-state index in [0.717, 1.165) is 57.2 Å². The molecule has 0 unspecified atom stereocenters. The molecule has 6 nitrogen and oxygen atoms in total. The molecule has 0 spiro atoms. The number of likely N-dealkylation sites (tertiary alicyclic amines) is 1. The average molecular weight is 357 g/mol. The van der Waals surface area contributed by atoms with Crippen molar-refractivity contribution in [1.82, 2.24) is 19.4 Å². The van der Waals surface area contributed by atoms with Gasteiger partial charge in [0.05, 0.1) is 12.0 Å². The molecule has 2 fully saturated rings. The van der Waals surface area contributed by atoms with Gasteiger partial charge in [0, 0.05) is 70.7 Å². The number of benzene rings is 1. The van der Waals surface area contributed by atoms with E-state index in [1.807, 2.05) is 12.1 Å². The molecule has 2 aliphatic heterocycles. The molecular formula is C19H24FN5O. The Morgan fingerprint density at radius 2 is 1.81 bits per heavy atom. The van der Waals surface area contributed by atoms with Crippen molar-refractivity contribution in [1.29, 1.82) is 0 Å². The maximum absolute atomic E-state index is 13.1. The van der Waals surface area contributed by atoms with E-state index in [0.29, 0.717) is 6.04 Å². The fourth-order valence-electron chi connectivity index (χ4n) is 3.71. The zero-order valence-electron chi connectivity index (χ0n) is 15.0. The maximum atomic E-state index is 13.1. The summed E-state index contributed by atoms with van der Waals surface area (Å²) in [7, 11) is 1.71. The zero-order valence-corrected chi connectivity index (χ0v) is 15.0. The van der Waals surface area contributed by atoms with Crippen molar-refractivity contribution in [3.05, 3.63) is 58.5 Å². The van der Waals surface area contributed by atoms with E-state index in [-0.39, 0.29) is 11.4 Å². The molecule has 2 saturated heterocycles. The molecule has 7 heteroatoms. The number of nitrogens with zero attached hydrogens (tertiary/aromatic N) is 5. The highest BCUT2D eigenvalue weighted by Crippen LogP contribution is 2.21. The summed E-state index contributed by atoms with van der Waals surface area (Å²) in [5.41, 5.74) is 1.93. The van der Waals surface area contributed by atoms with Crippen LogP contribution in [0.2, 0.25) is 0 Å². The molecule has 26 heavy (non-hydrogen) atoms. The SMILES string of the molecule is Cn1cnc(CN2CC(N3CCN(c4ccc(F)cc4)CC3)C2)cc1=O. The topological polar surface area (TPSA) is 44.6 Å². The summed E-state index contributed by atoms with van der Waals surface area (Å²) in [6, 6.07) is 8.96. The van der Waals surface area contributed by atoms with Gasteiger partial charge in [-0.25, -0.2) is 9.37 Å².